The normalized spacial score (nSPS) is 13.2. The van der Waals surface area contributed by atoms with Crippen molar-refractivity contribution in [2.45, 2.75) is 209 Å². The lowest BCUT2D eigenvalue weighted by molar-refractivity contribution is 0.568. The number of nitrogens with zero attached hydrogens (tertiary/aromatic N) is 8. The van der Waals surface area contributed by atoms with Crippen molar-refractivity contribution < 1.29 is 0 Å². The van der Waals surface area contributed by atoms with Gasteiger partial charge in [0.15, 0.2) is 34.9 Å². The van der Waals surface area contributed by atoms with Gasteiger partial charge in [0.05, 0.1) is 27.8 Å². The van der Waals surface area contributed by atoms with E-state index in [1.807, 2.05) is 0 Å². The average Bonchev–Trinajstić information content (AvgIpc) is 1.54. The Balaban J connectivity index is 1.19. The predicted octanol–water partition coefficient (Wildman–Crippen LogP) is 24.6. The van der Waals surface area contributed by atoms with Gasteiger partial charge in [0.1, 0.15) is 0 Å². The number of hydrogen-bond donors (Lipinski definition) is 0. The highest BCUT2D eigenvalue weighted by Gasteiger charge is 2.31. The average molecular weight is 1320 g/mol. The SMILES string of the molecule is CC(C)(C)c1cc(-c2nc(-c3cc(C(C)(C)C)cc(C(C)(C)C)c3)nc(-c3ccc(-n4c5ccccc5c5c4ccc4c6ccccc6n(-c6ccccc6)c45)c(-c4nc(-c5cc(C(C)(C)C)cc(C(C)(C)C)c5)nc(-c5cc(C(C)(C)C)cc(C(C)(C)C)c5)n4)c3)n2)cc(C(C)(C)C)c1. The summed E-state index contributed by atoms with van der Waals surface area (Å²) in [6.07, 6.45) is 0. The van der Waals surface area contributed by atoms with Crippen LogP contribution in [0.5, 0.6) is 0 Å². The van der Waals surface area contributed by atoms with Crippen molar-refractivity contribution in [3.05, 3.63) is 226 Å². The number of fused-ring (bicyclic) bond motifs is 7. The van der Waals surface area contributed by atoms with E-state index in [4.69, 9.17) is 29.9 Å². The van der Waals surface area contributed by atoms with Gasteiger partial charge in [-0.1, -0.05) is 251 Å². The summed E-state index contributed by atoms with van der Waals surface area (Å²) in [6.45, 7) is 54.9. The van der Waals surface area contributed by atoms with Crippen LogP contribution in [0.25, 0.3) is 123 Å². The standard InChI is InChI=1S/C92H102N8/c1-85(2,3)60-42-56(43-61(51-60)86(4,5)6)80-93-79(94-81(95-80)57-44-62(87(7,8)9)52-63(45-57)88(10,11)12)55-38-40-75(100-74-37-31-29-35-71(74)77-76(100)41-39-70-69-34-28-30-36-73(69)99(78(70)77)68-32-26-25-27-33-68)72(50-55)84-97-82(58-46-64(89(13,14)15)53-65(47-58)90(16,17)18)96-83(98-84)59-48-66(91(19,20)21)54-67(49-59)92(22,23)24/h25-54H,1-24H3. The van der Waals surface area contributed by atoms with Crippen LogP contribution in [0, 0.1) is 0 Å². The van der Waals surface area contributed by atoms with E-state index < -0.39 is 0 Å². The van der Waals surface area contributed by atoms with Crippen molar-refractivity contribution in [2.24, 2.45) is 0 Å². The summed E-state index contributed by atoms with van der Waals surface area (Å²) in [5.41, 5.74) is 20.0. The van der Waals surface area contributed by atoms with Gasteiger partial charge < -0.3 is 9.13 Å². The maximum Gasteiger partial charge on any atom is 0.166 e. The molecule has 100 heavy (non-hydrogen) atoms. The lowest BCUT2D eigenvalue weighted by Gasteiger charge is -2.26. The van der Waals surface area contributed by atoms with E-state index in [1.54, 1.807) is 0 Å². The van der Waals surface area contributed by atoms with Crippen LogP contribution in [0.2, 0.25) is 0 Å². The molecule has 0 saturated carbocycles. The quantitative estimate of drug-likeness (QED) is 0.151. The van der Waals surface area contributed by atoms with Gasteiger partial charge in [-0.25, -0.2) is 29.9 Å². The molecule has 0 bridgehead atoms. The van der Waals surface area contributed by atoms with Crippen LogP contribution in [0.15, 0.2) is 182 Å². The third-order valence-electron chi connectivity index (χ3n) is 20.2. The van der Waals surface area contributed by atoms with Gasteiger partial charge in [-0.05, 0) is 185 Å². The zero-order valence-corrected chi connectivity index (χ0v) is 63.9. The minimum atomic E-state index is -0.181. The van der Waals surface area contributed by atoms with Crippen LogP contribution in [-0.2, 0) is 43.3 Å². The minimum absolute atomic E-state index is 0.161. The lowest BCUT2D eigenvalue weighted by Crippen LogP contribution is -2.17. The minimum Gasteiger partial charge on any atom is -0.309 e. The molecule has 0 aliphatic rings. The molecule has 0 spiro atoms. The molecule has 0 radical (unpaired) electrons. The van der Waals surface area contributed by atoms with Gasteiger partial charge in [0.25, 0.3) is 0 Å². The highest BCUT2D eigenvalue weighted by atomic mass is 15.1. The van der Waals surface area contributed by atoms with Crippen LogP contribution in [-0.4, -0.2) is 39.0 Å². The van der Waals surface area contributed by atoms with E-state index in [2.05, 4.69) is 357 Å². The molecule has 0 atom stereocenters. The first-order valence-electron chi connectivity index (χ1n) is 35.9. The van der Waals surface area contributed by atoms with E-state index in [0.29, 0.717) is 34.9 Å². The summed E-state index contributed by atoms with van der Waals surface area (Å²) in [4.78, 5) is 34.4. The monoisotopic (exact) mass is 1320 g/mol. The Bertz CT molecular complexity index is 5050. The fourth-order valence-electron chi connectivity index (χ4n) is 13.7. The second kappa shape index (κ2) is 24.2. The maximum atomic E-state index is 5.85. The molecule has 13 aromatic rings. The van der Waals surface area contributed by atoms with E-state index in [-0.39, 0.29) is 43.3 Å². The van der Waals surface area contributed by atoms with E-state index in [0.717, 1.165) is 77.6 Å². The van der Waals surface area contributed by atoms with Crippen LogP contribution in [0.1, 0.15) is 211 Å². The van der Waals surface area contributed by atoms with Crippen LogP contribution >= 0.6 is 0 Å². The molecule has 13 rings (SSSR count). The Labute approximate surface area is 594 Å². The summed E-state index contributed by atoms with van der Waals surface area (Å²) >= 11 is 0. The molecule has 8 nitrogen and oxygen atoms in total. The third kappa shape index (κ3) is 13.2. The highest BCUT2D eigenvalue weighted by Crippen LogP contribution is 2.46. The Hall–Kier alpha value is -9.40. The Morgan fingerprint density at radius 1 is 0.230 bits per heavy atom. The summed E-state index contributed by atoms with van der Waals surface area (Å²) in [5.74, 6) is 3.45. The van der Waals surface area contributed by atoms with Crippen molar-refractivity contribution in [3.8, 4) is 79.7 Å². The first kappa shape index (κ1) is 69.1. The highest BCUT2D eigenvalue weighted by molar-refractivity contribution is 6.26. The second-order valence-electron chi connectivity index (χ2n) is 36.4. The molecule has 0 saturated heterocycles. The van der Waals surface area contributed by atoms with E-state index in [1.165, 1.54) is 55.3 Å². The number of hydrogen-bond acceptors (Lipinski definition) is 6. The lowest BCUT2D eigenvalue weighted by atomic mass is 9.79. The molecule has 0 fully saturated rings. The smallest absolute Gasteiger partial charge is 0.166 e. The zero-order chi connectivity index (χ0) is 71.9. The molecule has 4 heterocycles. The molecule has 0 unspecified atom stereocenters. The fraction of sp³-hybridized carbons (Fsp3) is 0.348. The van der Waals surface area contributed by atoms with Crippen LogP contribution in [0.3, 0.4) is 0 Å². The van der Waals surface area contributed by atoms with Crippen LogP contribution in [0.4, 0.5) is 0 Å². The number of benzene rings is 9. The van der Waals surface area contributed by atoms with Gasteiger partial charge in [-0.3, -0.25) is 0 Å². The fourth-order valence-corrected chi connectivity index (χ4v) is 13.7. The molecule has 0 N–H and O–H groups in total. The van der Waals surface area contributed by atoms with Gasteiger partial charge in [-0.2, -0.15) is 0 Å². The maximum absolute atomic E-state index is 5.85. The van der Waals surface area contributed by atoms with Crippen molar-refractivity contribution in [1.29, 1.82) is 0 Å². The van der Waals surface area contributed by atoms with Crippen molar-refractivity contribution in [3.63, 3.8) is 0 Å². The predicted molar refractivity (Wildman–Crippen MR) is 424 cm³/mol. The molecule has 510 valence electrons. The number of para-hydroxylation sites is 3. The molecule has 8 heteroatoms. The summed E-state index contributed by atoms with van der Waals surface area (Å²) in [5, 5.41) is 4.65. The van der Waals surface area contributed by atoms with Gasteiger partial charge in [0, 0.05) is 60.6 Å². The third-order valence-corrected chi connectivity index (χ3v) is 20.2. The van der Waals surface area contributed by atoms with Gasteiger partial charge in [0.2, 0.25) is 0 Å². The molecule has 4 aromatic heterocycles. The Kier molecular flexibility index (Phi) is 16.7. The topological polar surface area (TPSA) is 87.2 Å². The van der Waals surface area contributed by atoms with Gasteiger partial charge >= 0.3 is 0 Å². The molecule has 0 aliphatic carbocycles. The van der Waals surface area contributed by atoms with E-state index in [9.17, 15) is 0 Å². The largest absolute Gasteiger partial charge is 0.309 e. The first-order chi connectivity index (χ1) is 46.6. The van der Waals surface area contributed by atoms with E-state index >= 15 is 0 Å². The van der Waals surface area contributed by atoms with Crippen molar-refractivity contribution >= 4 is 43.6 Å². The molecule has 0 amide bonds. The van der Waals surface area contributed by atoms with Crippen LogP contribution < -0.4 is 0 Å². The molecular formula is C92H102N8. The Morgan fingerprint density at radius 2 is 0.540 bits per heavy atom. The summed E-state index contributed by atoms with van der Waals surface area (Å²) in [6, 6.07) is 67.7. The molecule has 9 aromatic carbocycles. The number of rotatable bonds is 8. The van der Waals surface area contributed by atoms with Crippen molar-refractivity contribution in [1.82, 2.24) is 39.0 Å². The van der Waals surface area contributed by atoms with Gasteiger partial charge in [-0.15, -0.1) is 0 Å². The second-order valence-corrected chi connectivity index (χ2v) is 36.4. The molecule has 0 aliphatic heterocycles. The molecular weight excluding hydrogens is 1220 g/mol. The Morgan fingerprint density at radius 3 is 0.900 bits per heavy atom. The summed E-state index contributed by atoms with van der Waals surface area (Å²) < 4.78 is 4.89. The number of aromatic nitrogens is 8. The zero-order valence-electron chi connectivity index (χ0n) is 63.9. The van der Waals surface area contributed by atoms with Crippen molar-refractivity contribution in [2.75, 3.05) is 0 Å². The first-order valence-corrected chi connectivity index (χ1v) is 35.9. The summed E-state index contributed by atoms with van der Waals surface area (Å²) in [7, 11) is 0.